The van der Waals surface area contributed by atoms with Crippen molar-refractivity contribution in [1.82, 2.24) is 5.32 Å². The maximum absolute atomic E-state index is 12.3. The molecule has 19 heavy (non-hydrogen) atoms. The summed E-state index contributed by atoms with van der Waals surface area (Å²) in [4.78, 5) is 24.1. The molecule has 0 aliphatic heterocycles. The molecule has 1 aromatic rings. The molecule has 4 N–H and O–H groups in total. The minimum atomic E-state index is -0.922. The molecule has 1 aliphatic rings. The highest BCUT2D eigenvalue weighted by atomic mass is 32.1. The van der Waals surface area contributed by atoms with E-state index in [1.807, 2.05) is 17.5 Å². The molecular weight excluding hydrogens is 264 g/mol. The Labute approximate surface area is 115 Å². The van der Waals surface area contributed by atoms with Crippen LogP contribution in [0.15, 0.2) is 17.5 Å². The number of nitrogens with two attached hydrogens (primary N) is 1. The second-order valence-corrected chi connectivity index (χ2v) is 5.96. The van der Waals surface area contributed by atoms with Gasteiger partial charge in [0.05, 0.1) is 17.9 Å². The Balaban J connectivity index is 2.08. The Morgan fingerprint density at radius 2 is 2.26 bits per heavy atom. The lowest BCUT2D eigenvalue weighted by Crippen LogP contribution is -2.51. The van der Waals surface area contributed by atoms with Gasteiger partial charge < -0.3 is 16.2 Å². The average molecular weight is 282 g/mol. The van der Waals surface area contributed by atoms with Gasteiger partial charge in [0.2, 0.25) is 5.91 Å². The number of hydrogen-bond donors (Lipinski definition) is 3. The Bertz CT molecular complexity index is 449. The molecule has 1 heterocycles. The number of carboxylic acids is 1. The van der Waals surface area contributed by atoms with Crippen LogP contribution in [0.2, 0.25) is 0 Å². The molecule has 104 valence electrons. The fourth-order valence-corrected chi connectivity index (χ4v) is 3.10. The fourth-order valence-electron chi connectivity index (χ4n) is 2.33. The van der Waals surface area contributed by atoms with E-state index in [-0.39, 0.29) is 12.3 Å². The van der Waals surface area contributed by atoms with Crippen molar-refractivity contribution in [2.75, 3.05) is 6.54 Å². The van der Waals surface area contributed by atoms with Crippen molar-refractivity contribution in [1.29, 1.82) is 0 Å². The van der Waals surface area contributed by atoms with Gasteiger partial charge >= 0.3 is 5.97 Å². The van der Waals surface area contributed by atoms with Crippen LogP contribution < -0.4 is 11.1 Å². The summed E-state index contributed by atoms with van der Waals surface area (Å²) >= 11 is 1.45. The van der Waals surface area contributed by atoms with Crippen LogP contribution in [0.4, 0.5) is 0 Å². The number of hydrogen-bond acceptors (Lipinski definition) is 4. The first-order chi connectivity index (χ1) is 9.07. The molecule has 0 bridgehead atoms. The maximum Gasteiger partial charge on any atom is 0.305 e. The van der Waals surface area contributed by atoms with Gasteiger partial charge in [-0.1, -0.05) is 12.5 Å². The van der Waals surface area contributed by atoms with E-state index in [0.717, 1.165) is 24.1 Å². The van der Waals surface area contributed by atoms with Crippen LogP contribution in [0.5, 0.6) is 0 Å². The van der Waals surface area contributed by atoms with E-state index in [9.17, 15) is 9.59 Å². The lowest BCUT2D eigenvalue weighted by Gasteiger charge is -2.40. The first-order valence-electron chi connectivity index (χ1n) is 6.34. The summed E-state index contributed by atoms with van der Waals surface area (Å²) in [7, 11) is 0. The van der Waals surface area contributed by atoms with Gasteiger partial charge in [0.15, 0.2) is 0 Å². The largest absolute Gasteiger partial charge is 0.481 e. The van der Waals surface area contributed by atoms with E-state index in [1.54, 1.807) is 0 Å². The number of amides is 1. The third-order valence-corrected chi connectivity index (χ3v) is 4.74. The minimum absolute atomic E-state index is 0.104. The molecule has 0 saturated heterocycles. The Hall–Kier alpha value is -1.40. The van der Waals surface area contributed by atoms with Gasteiger partial charge in [-0.2, -0.15) is 0 Å². The number of rotatable bonds is 6. The molecule has 0 radical (unpaired) electrons. The van der Waals surface area contributed by atoms with Gasteiger partial charge in [-0.25, -0.2) is 0 Å². The normalized spacial score (nSPS) is 18.4. The molecular formula is C13H18N2O3S. The highest BCUT2D eigenvalue weighted by Gasteiger charge is 2.43. The number of aliphatic carboxylic acids is 1. The van der Waals surface area contributed by atoms with Crippen molar-refractivity contribution >= 4 is 23.2 Å². The maximum atomic E-state index is 12.3. The van der Waals surface area contributed by atoms with Crippen molar-refractivity contribution in [3.8, 4) is 0 Å². The van der Waals surface area contributed by atoms with Gasteiger partial charge in [-0.15, -0.1) is 11.3 Å². The van der Waals surface area contributed by atoms with Crippen molar-refractivity contribution in [2.24, 2.45) is 11.1 Å². The minimum Gasteiger partial charge on any atom is -0.481 e. The van der Waals surface area contributed by atoms with Crippen LogP contribution in [-0.2, 0) is 9.59 Å². The quantitative estimate of drug-likeness (QED) is 0.737. The van der Waals surface area contributed by atoms with Crippen LogP contribution in [0.3, 0.4) is 0 Å². The first kappa shape index (κ1) is 14.0. The number of carboxylic acid groups (broad SMARTS) is 1. The van der Waals surface area contributed by atoms with Gasteiger partial charge in [0, 0.05) is 11.4 Å². The van der Waals surface area contributed by atoms with Crippen molar-refractivity contribution in [2.45, 2.75) is 31.7 Å². The SMILES string of the molecule is NCC1(C(=O)NC(CC(=O)O)c2cccs2)CCC1. The Morgan fingerprint density at radius 1 is 1.53 bits per heavy atom. The lowest BCUT2D eigenvalue weighted by atomic mass is 9.68. The molecule has 1 saturated carbocycles. The number of nitrogens with one attached hydrogen (secondary N) is 1. The summed E-state index contributed by atoms with van der Waals surface area (Å²) in [5.41, 5.74) is 5.21. The third-order valence-electron chi connectivity index (χ3n) is 3.75. The second kappa shape index (κ2) is 5.71. The van der Waals surface area contributed by atoms with E-state index in [0.29, 0.717) is 6.54 Å². The monoisotopic (exact) mass is 282 g/mol. The zero-order valence-electron chi connectivity index (χ0n) is 10.6. The van der Waals surface area contributed by atoms with Crippen LogP contribution in [-0.4, -0.2) is 23.5 Å². The molecule has 2 rings (SSSR count). The van der Waals surface area contributed by atoms with Crippen molar-refractivity contribution < 1.29 is 14.7 Å². The summed E-state index contributed by atoms with van der Waals surface area (Å²) in [6.45, 7) is 0.322. The Morgan fingerprint density at radius 3 is 2.68 bits per heavy atom. The number of thiophene rings is 1. The van der Waals surface area contributed by atoms with E-state index in [2.05, 4.69) is 5.32 Å². The van der Waals surface area contributed by atoms with Gasteiger partial charge in [-0.05, 0) is 24.3 Å². The van der Waals surface area contributed by atoms with Crippen LogP contribution in [0.25, 0.3) is 0 Å². The standard InChI is InChI=1S/C13H18N2O3S/c14-8-13(4-2-5-13)12(18)15-9(7-11(16)17)10-3-1-6-19-10/h1,3,6,9H,2,4-5,7-8,14H2,(H,15,18)(H,16,17). The van der Waals surface area contributed by atoms with E-state index >= 15 is 0 Å². The second-order valence-electron chi connectivity index (χ2n) is 4.98. The number of carbonyl (C=O) groups excluding carboxylic acids is 1. The van der Waals surface area contributed by atoms with Crippen molar-refractivity contribution in [3.63, 3.8) is 0 Å². The summed E-state index contributed by atoms with van der Waals surface area (Å²) in [6.07, 6.45) is 2.49. The molecule has 0 spiro atoms. The lowest BCUT2D eigenvalue weighted by molar-refractivity contribution is -0.139. The summed E-state index contributed by atoms with van der Waals surface area (Å²) in [5, 5.41) is 13.7. The molecule has 1 fully saturated rings. The summed E-state index contributed by atoms with van der Waals surface area (Å²) in [5.74, 6) is -1.03. The van der Waals surface area contributed by atoms with Crippen LogP contribution >= 0.6 is 11.3 Å². The molecule has 1 aliphatic carbocycles. The van der Waals surface area contributed by atoms with Gasteiger partial charge in [-0.3, -0.25) is 9.59 Å². The molecule has 1 unspecified atom stereocenters. The van der Waals surface area contributed by atoms with Crippen LogP contribution in [0, 0.1) is 5.41 Å². The predicted octanol–water partition coefficient (Wildman–Crippen LogP) is 1.51. The zero-order chi connectivity index (χ0) is 13.9. The first-order valence-corrected chi connectivity index (χ1v) is 7.21. The highest BCUT2D eigenvalue weighted by molar-refractivity contribution is 7.10. The Kier molecular flexibility index (Phi) is 4.21. The molecule has 1 aromatic heterocycles. The number of carbonyl (C=O) groups is 2. The van der Waals surface area contributed by atoms with E-state index in [1.165, 1.54) is 11.3 Å². The third kappa shape index (κ3) is 2.96. The predicted molar refractivity (Wildman–Crippen MR) is 72.8 cm³/mol. The molecule has 1 atom stereocenters. The topological polar surface area (TPSA) is 92.4 Å². The van der Waals surface area contributed by atoms with E-state index < -0.39 is 17.4 Å². The van der Waals surface area contributed by atoms with Gasteiger partial charge in [0.25, 0.3) is 0 Å². The zero-order valence-corrected chi connectivity index (χ0v) is 11.4. The van der Waals surface area contributed by atoms with E-state index in [4.69, 9.17) is 10.8 Å². The molecule has 0 aromatic carbocycles. The highest BCUT2D eigenvalue weighted by Crippen LogP contribution is 2.40. The summed E-state index contributed by atoms with van der Waals surface area (Å²) < 4.78 is 0. The van der Waals surface area contributed by atoms with Crippen LogP contribution in [0.1, 0.15) is 36.6 Å². The average Bonchev–Trinajstić information content (AvgIpc) is 2.80. The van der Waals surface area contributed by atoms with Crippen molar-refractivity contribution in [3.05, 3.63) is 22.4 Å². The van der Waals surface area contributed by atoms with Gasteiger partial charge in [0.1, 0.15) is 0 Å². The molecule has 6 heteroatoms. The molecule has 5 nitrogen and oxygen atoms in total. The fraction of sp³-hybridized carbons (Fsp3) is 0.538. The summed E-state index contributed by atoms with van der Waals surface area (Å²) in [6, 6.07) is 3.23. The smallest absolute Gasteiger partial charge is 0.305 e. The molecule has 1 amide bonds.